The Balaban J connectivity index is 2.22. The molecule has 4 nitrogen and oxygen atoms in total. The lowest BCUT2D eigenvalue weighted by atomic mass is 9.96. The molecule has 88 valence electrons. The molecule has 0 atom stereocenters. The van der Waals surface area contributed by atoms with Crippen LogP contribution < -0.4 is 10.5 Å². The Hall–Kier alpha value is -1.23. The van der Waals surface area contributed by atoms with Gasteiger partial charge < -0.3 is 10.5 Å². The van der Waals surface area contributed by atoms with Gasteiger partial charge in [-0.1, -0.05) is 0 Å². The monoisotopic (exact) mass is 241 g/mol. The molecule has 0 heterocycles. The van der Waals surface area contributed by atoms with Gasteiger partial charge in [0, 0.05) is 6.26 Å². The second-order valence-corrected chi connectivity index (χ2v) is 6.16. The number of hydrogen-bond donors (Lipinski definition) is 1. The first-order valence-corrected chi connectivity index (χ1v) is 7.12. The van der Waals surface area contributed by atoms with Gasteiger partial charge in [0.25, 0.3) is 0 Å². The lowest BCUT2D eigenvalue weighted by molar-refractivity contribution is 0.121. The number of rotatable bonds is 3. The van der Waals surface area contributed by atoms with Crippen LogP contribution in [0.1, 0.15) is 19.3 Å². The normalized spacial score (nSPS) is 16.8. The molecule has 0 radical (unpaired) electrons. The minimum atomic E-state index is -3.20. The summed E-state index contributed by atoms with van der Waals surface area (Å²) in [5.41, 5.74) is 6.14. The average Bonchev–Trinajstić information content (AvgIpc) is 2.11. The van der Waals surface area contributed by atoms with Crippen LogP contribution in [-0.4, -0.2) is 20.8 Å². The van der Waals surface area contributed by atoms with E-state index in [1.807, 2.05) is 0 Å². The summed E-state index contributed by atoms with van der Waals surface area (Å²) in [4.78, 5) is 0.228. The van der Waals surface area contributed by atoms with E-state index in [1.54, 1.807) is 6.07 Å². The zero-order valence-corrected chi connectivity index (χ0v) is 9.96. The van der Waals surface area contributed by atoms with Crippen molar-refractivity contribution in [3.63, 3.8) is 0 Å². The Kier molecular flexibility index (Phi) is 2.80. The van der Waals surface area contributed by atoms with Crippen molar-refractivity contribution in [2.75, 3.05) is 12.0 Å². The molecule has 0 bridgehead atoms. The van der Waals surface area contributed by atoms with Gasteiger partial charge in [0.05, 0.1) is 16.7 Å². The molecule has 0 aliphatic heterocycles. The summed E-state index contributed by atoms with van der Waals surface area (Å²) < 4.78 is 28.2. The summed E-state index contributed by atoms with van der Waals surface area (Å²) in [5, 5.41) is 0. The van der Waals surface area contributed by atoms with E-state index in [-0.39, 0.29) is 11.0 Å². The summed E-state index contributed by atoms with van der Waals surface area (Å²) in [6, 6.07) is 4.60. The third-order valence-electron chi connectivity index (χ3n) is 2.76. The number of sulfone groups is 1. The molecule has 0 spiro atoms. The van der Waals surface area contributed by atoms with Gasteiger partial charge in [-0.25, -0.2) is 8.42 Å². The first-order valence-electron chi connectivity index (χ1n) is 5.23. The summed E-state index contributed by atoms with van der Waals surface area (Å²) in [6.45, 7) is 0. The molecule has 0 saturated heterocycles. The fourth-order valence-electron chi connectivity index (χ4n) is 1.53. The van der Waals surface area contributed by atoms with Gasteiger partial charge in [0.1, 0.15) is 5.75 Å². The Morgan fingerprint density at radius 3 is 2.50 bits per heavy atom. The van der Waals surface area contributed by atoms with Crippen LogP contribution in [0.15, 0.2) is 23.1 Å². The van der Waals surface area contributed by atoms with E-state index in [2.05, 4.69) is 0 Å². The average molecular weight is 241 g/mol. The van der Waals surface area contributed by atoms with Gasteiger partial charge in [-0.15, -0.1) is 0 Å². The van der Waals surface area contributed by atoms with E-state index in [0.717, 1.165) is 19.1 Å². The first-order chi connectivity index (χ1) is 7.47. The molecule has 2 rings (SSSR count). The largest absolute Gasteiger partial charge is 0.488 e. The van der Waals surface area contributed by atoms with Crippen molar-refractivity contribution in [3.8, 4) is 5.75 Å². The van der Waals surface area contributed by atoms with E-state index in [4.69, 9.17) is 10.5 Å². The number of anilines is 1. The zero-order chi connectivity index (χ0) is 11.8. The topological polar surface area (TPSA) is 69.4 Å². The number of nitrogen functional groups attached to an aromatic ring is 1. The second kappa shape index (κ2) is 3.97. The quantitative estimate of drug-likeness (QED) is 0.816. The van der Waals surface area contributed by atoms with Crippen LogP contribution in [-0.2, 0) is 9.84 Å². The Bertz CT molecular complexity index is 492. The molecule has 1 aliphatic rings. The molecular formula is C11H15NO3S. The van der Waals surface area contributed by atoms with Crippen molar-refractivity contribution in [3.05, 3.63) is 18.2 Å². The third kappa shape index (κ3) is 2.29. The van der Waals surface area contributed by atoms with E-state index in [9.17, 15) is 8.42 Å². The zero-order valence-electron chi connectivity index (χ0n) is 9.14. The van der Waals surface area contributed by atoms with E-state index < -0.39 is 9.84 Å². The molecule has 0 amide bonds. The van der Waals surface area contributed by atoms with E-state index in [0.29, 0.717) is 11.4 Å². The molecule has 1 aromatic carbocycles. The Morgan fingerprint density at radius 2 is 2.06 bits per heavy atom. The third-order valence-corrected chi connectivity index (χ3v) is 3.87. The van der Waals surface area contributed by atoms with E-state index in [1.165, 1.54) is 18.6 Å². The maximum atomic E-state index is 11.3. The van der Waals surface area contributed by atoms with Crippen LogP contribution in [0.4, 0.5) is 5.69 Å². The summed E-state index contributed by atoms with van der Waals surface area (Å²) >= 11 is 0. The van der Waals surface area contributed by atoms with Crippen molar-refractivity contribution in [1.29, 1.82) is 0 Å². The van der Waals surface area contributed by atoms with Gasteiger partial charge in [-0.2, -0.15) is 0 Å². The summed E-state index contributed by atoms with van der Waals surface area (Å²) in [7, 11) is -3.20. The minimum Gasteiger partial charge on any atom is -0.488 e. The lowest BCUT2D eigenvalue weighted by Gasteiger charge is -2.27. The van der Waals surface area contributed by atoms with Gasteiger partial charge in [-0.05, 0) is 37.5 Å². The van der Waals surface area contributed by atoms with Crippen LogP contribution in [0.3, 0.4) is 0 Å². The molecule has 1 fully saturated rings. The molecular weight excluding hydrogens is 226 g/mol. The van der Waals surface area contributed by atoms with Gasteiger partial charge in [0.15, 0.2) is 9.84 Å². The van der Waals surface area contributed by atoms with E-state index >= 15 is 0 Å². The fraction of sp³-hybridized carbons (Fsp3) is 0.455. The molecule has 2 N–H and O–H groups in total. The minimum absolute atomic E-state index is 0.228. The fourth-order valence-corrected chi connectivity index (χ4v) is 2.19. The highest BCUT2D eigenvalue weighted by atomic mass is 32.2. The number of ether oxygens (including phenoxy) is 1. The molecule has 0 aromatic heterocycles. The Morgan fingerprint density at radius 1 is 1.38 bits per heavy atom. The highest BCUT2D eigenvalue weighted by Crippen LogP contribution is 2.30. The second-order valence-electron chi connectivity index (χ2n) is 4.14. The highest BCUT2D eigenvalue weighted by molar-refractivity contribution is 7.90. The van der Waals surface area contributed by atoms with Crippen molar-refractivity contribution >= 4 is 15.5 Å². The number of nitrogens with two attached hydrogens (primary N) is 1. The van der Waals surface area contributed by atoms with Crippen molar-refractivity contribution in [1.82, 2.24) is 0 Å². The predicted molar refractivity (Wildman–Crippen MR) is 62.2 cm³/mol. The smallest absolute Gasteiger partial charge is 0.175 e. The van der Waals surface area contributed by atoms with Crippen LogP contribution in [0.25, 0.3) is 0 Å². The Labute approximate surface area is 95.3 Å². The molecule has 1 aliphatic carbocycles. The lowest BCUT2D eigenvalue weighted by Crippen LogP contribution is -2.24. The maximum absolute atomic E-state index is 11.3. The van der Waals surface area contributed by atoms with Crippen molar-refractivity contribution in [2.24, 2.45) is 0 Å². The van der Waals surface area contributed by atoms with Crippen molar-refractivity contribution < 1.29 is 13.2 Å². The SMILES string of the molecule is CS(=O)(=O)c1ccc(OC2CCC2)c(N)c1. The predicted octanol–water partition coefficient (Wildman–Crippen LogP) is 1.60. The molecule has 1 saturated carbocycles. The molecule has 0 unspecified atom stereocenters. The number of hydrogen-bond acceptors (Lipinski definition) is 4. The molecule has 1 aromatic rings. The van der Waals surface area contributed by atoms with Crippen LogP contribution in [0, 0.1) is 0 Å². The molecule has 16 heavy (non-hydrogen) atoms. The van der Waals surface area contributed by atoms with Crippen LogP contribution >= 0.6 is 0 Å². The van der Waals surface area contributed by atoms with Crippen LogP contribution in [0.5, 0.6) is 5.75 Å². The van der Waals surface area contributed by atoms with Gasteiger partial charge >= 0.3 is 0 Å². The molecule has 5 heteroatoms. The first kappa shape index (κ1) is 11.3. The number of benzene rings is 1. The van der Waals surface area contributed by atoms with Crippen LogP contribution in [0.2, 0.25) is 0 Å². The van der Waals surface area contributed by atoms with Crippen molar-refractivity contribution in [2.45, 2.75) is 30.3 Å². The highest BCUT2D eigenvalue weighted by Gasteiger charge is 2.20. The maximum Gasteiger partial charge on any atom is 0.175 e. The summed E-state index contributed by atoms with van der Waals surface area (Å²) in [6.07, 6.45) is 4.69. The van der Waals surface area contributed by atoms with Gasteiger partial charge in [-0.3, -0.25) is 0 Å². The standard InChI is InChI=1S/C11H15NO3S/c1-16(13,14)9-5-6-11(10(12)7-9)15-8-3-2-4-8/h5-8H,2-4,12H2,1H3. The van der Waals surface area contributed by atoms with Gasteiger partial charge in [0.2, 0.25) is 0 Å². The summed E-state index contributed by atoms with van der Waals surface area (Å²) in [5.74, 6) is 0.581.